The summed E-state index contributed by atoms with van der Waals surface area (Å²) in [6.07, 6.45) is 0.618. The fourth-order valence-corrected chi connectivity index (χ4v) is 1.87. The van der Waals surface area contributed by atoms with E-state index in [1.807, 2.05) is 6.92 Å². The molecule has 0 heterocycles. The number of nitriles is 1. The molecule has 0 unspecified atom stereocenters. The molecule has 0 aliphatic rings. The first-order valence-corrected chi connectivity index (χ1v) is 5.24. The summed E-state index contributed by atoms with van der Waals surface area (Å²) in [5, 5.41) is 8.98. The number of rotatable bonds is 2. The Morgan fingerprint density at radius 2 is 2.27 bits per heavy atom. The number of hydrogen-bond donors (Lipinski definition) is 0. The van der Waals surface area contributed by atoms with E-state index in [-0.39, 0.29) is 0 Å². The molecule has 0 atom stereocenters. The zero-order valence-electron chi connectivity index (χ0n) is 8.50. The maximum atomic E-state index is 11.4. The zero-order chi connectivity index (χ0) is 11.4. The molecule has 0 radical (unpaired) electrons. The van der Waals surface area contributed by atoms with Gasteiger partial charge in [0.25, 0.3) is 0 Å². The van der Waals surface area contributed by atoms with Gasteiger partial charge in [0.15, 0.2) is 0 Å². The highest BCUT2D eigenvalue weighted by atomic mass is 79.9. The fraction of sp³-hybridized carbons (Fsp3) is 0.273. The molecule has 0 N–H and O–H groups in total. The second-order valence-electron chi connectivity index (χ2n) is 2.91. The van der Waals surface area contributed by atoms with Crippen molar-refractivity contribution < 1.29 is 9.53 Å². The van der Waals surface area contributed by atoms with Gasteiger partial charge in [-0.2, -0.15) is 5.26 Å². The van der Waals surface area contributed by atoms with Gasteiger partial charge in [0.1, 0.15) is 6.07 Å². The van der Waals surface area contributed by atoms with Gasteiger partial charge in [-0.1, -0.05) is 6.92 Å². The number of hydrogen-bond acceptors (Lipinski definition) is 3. The van der Waals surface area contributed by atoms with Crippen LogP contribution in [0.15, 0.2) is 16.6 Å². The van der Waals surface area contributed by atoms with Crippen molar-refractivity contribution in [3.8, 4) is 6.07 Å². The van der Waals surface area contributed by atoms with Crippen molar-refractivity contribution in [3.05, 3.63) is 33.3 Å². The molecule has 0 saturated heterocycles. The maximum Gasteiger partial charge on any atom is 0.338 e. The molecule has 1 aromatic carbocycles. The summed E-state index contributed by atoms with van der Waals surface area (Å²) in [5.41, 5.74) is 1.68. The molecule has 0 saturated carbocycles. The van der Waals surface area contributed by atoms with Crippen molar-refractivity contribution in [1.29, 1.82) is 5.26 Å². The molecule has 0 aliphatic heterocycles. The zero-order valence-corrected chi connectivity index (χ0v) is 10.1. The van der Waals surface area contributed by atoms with Crippen LogP contribution in [0.25, 0.3) is 0 Å². The quantitative estimate of drug-likeness (QED) is 0.775. The Morgan fingerprint density at radius 3 is 2.73 bits per heavy atom. The van der Waals surface area contributed by atoms with Crippen molar-refractivity contribution in [2.75, 3.05) is 7.11 Å². The Morgan fingerprint density at radius 1 is 1.60 bits per heavy atom. The number of benzene rings is 1. The van der Waals surface area contributed by atoms with Crippen LogP contribution in [0.1, 0.15) is 28.4 Å². The van der Waals surface area contributed by atoms with E-state index >= 15 is 0 Å². The SMILES string of the molecule is CCc1c(C(=O)OC)ccc(Br)c1C#N. The van der Waals surface area contributed by atoms with Crippen LogP contribution in [0.4, 0.5) is 0 Å². The van der Waals surface area contributed by atoms with Crippen LogP contribution in [-0.4, -0.2) is 13.1 Å². The number of esters is 1. The average Bonchev–Trinajstić information content (AvgIpc) is 2.27. The smallest absolute Gasteiger partial charge is 0.338 e. The lowest BCUT2D eigenvalue weighted by molar-refractivity contribution is 0.0599. The van der Waals surface area contributed by atoms with Crippen LogP contribution in [0.2, 0.25) is 0 Å². The van der Waals surface area contributed by atoms with Gasteiger partial charge in [0.2, 0.25) is 0 Å². The molecule has 0 bridgehead atoms. The van der Waals surface area contributed by atoms with E-state index < -0.39 is 5.97 Å². The third-order valence-electron chi connectivity index (χ3n) is 2.13. The van der Waals surface area contributed by atoms with E-state index in [0.717, 1.165) is 5.56 Å². The minimum atomic E-state index is -0.407. The standard InChI is InChI=1S/C11H10BrNO2/c1-3-7-8(11(14)15-2)4-5-10(12)9(7)6-13/h4-5H,3H2,1-2H3. The largest absolute Gasteiger partial charge is 0.465 e. The maximum absolute atomic E-state index is 11.4. The van der Waals surface area contributed by atoms with Crippen LogP contribution >= 0.6 is 15.9 Å². The summed E-state index contributed by atoms with van der Waals surface area (Å²) in [7, 11) is 1.33. The van der Waals surface area contributed by atoms with Gasteiger partial charge in [0, 0.05) is 4.47 Å². The van der Waals surface area contributed by atoms with E-state index in [1.54, 1.807) is 12.1 Å². The summed E-state index contributed by atoms with van der Waals surface area (Å²) in [6.45, 7) is 1.90. The van der Waals surface area contributed by atoms with Crippen LogP contribution < -0.4 is 0 Å². The Labute approximate surface area is 96.8 Å². The number of carbonyl (C=O) groups excluding carboxylic acids is 1. The first kappa shape index (κ1) is 11.7. The molecule has 4 heteroatoms. The molecule has 15 heavy (non-hydrogen) atoms. The normalized spacial score (nSPS) is 9.47. The lowest BCUT2D eigenvalue weighted by Gasteiger charge is -2.08. The minimum Gasteiger partial charge on any atom is -0.465 e. The highest BCUT2D eigenvalue weighted by molar-refractivity contribution is 9.10. The van der Waals surface area contributed by atoms with Crippen molar-refractivity contribution in [1.82, 2.24) is 0 Å². The van der Waals surface area contributed by atoms with Gasteiger partial charge in [-0.15, -0.1) is 0 Å². The number of carbonyl (C=O) groups is 1. The summed E-state index contributed by atoms with van der Waals surface area (Å²) in [6, 6.07) is 5.43. The van der Waals surface area contributed by atoms with E-state index in [1.165, 1.54) is 7.11 Å². The summed E-state index contributed by atoms with van der Waals surface area (Å²) in [4.78, 5) is 11.4. The third-order valence-corrected chi connectivity index (χ3v) is 2.79. The number of nitrogens with zero attached hydrogens (tertiary/aromatic N) is 1. The van der Waals surface area contributed by atoms with Crippen LogP contribution in [0, 0.1) is 11.3 Å². The second-order valence-corrected chi connectivity index (χ2v) is 3.76. The molecule has 0 aromatic heterocycles. The van der Waals surface area contributed by atoms with Gasteiger partial charge in [-0.3, -0.25) is 0 Å². The molecule has 0 aliphatic carbocycles. The van der Waals surface area contributed by atoms with Crippen LogP contribution in [0.5, 0.6) is 0 Å². The van der Waals surface area contributed by atoms with Gasteiger partial charge in [-0.25, -0.2) is 4.79 Å². The average molecular weight is 268 g/mol. The molecular formula is C11H10BrNO2. The molecule has 1 rings (SSSR count). The summed E-state index contributed by atoms with van der Waals surface area (Å²) in [5.74, 6) is -0.407. The van der Waals surface area contributed by atoms with E-state index in [4.69, 9.17) is 5.26 Å². The summed E-state index contributed by atoms with van der Waals surface area (Å²) >= 11 is 3.28. The van der Waals surface area contributed by atoms with E-state index in [9.17, 15) is 4.79 Å². The van der Waals surface area contributed by atoms with Gasteiger partial charge in [-0.05, 0) is 40.0 Å². The molecule has 3 nitrogen and oxygen atoms in total. The number of ether oxygens (including phenoxy) is 1. The molecule has 0 fully saturated rings. The lowest BCUT2D eigenvalue weighted by atomic mass is 9.99. The molecule has 1 aromatic rings. The topological polar surface area (TPSA) is 50.1 Å². The molecule has 78 valence electrons. The first-order chi connectivity index (χ1) is 7.15. The lowest BCUT2D eigenvalue weighted by Crippen LogP contribution is -2.07. The highest BCUT2D eigenvalue weighted by Gasteiger charge is 2.16. The number of halogens is 1. The Kier molecular flexibility index (Phi) is 3.87. The van der Waals surface area contributed by atoms with Crippen LogP contribution in [0.3, 0.4) is 0 Å². The monoisotopic (exact) mass is 267 g/mol. The van der Waals surface area contributed by atoms with E-state index in [2.05, 4.69) is 26.7 Å². The highest BCUT2D eigenvalue weighted by Crippen LogP contribution is 2.24. The van der Waals surface area contributed by atoms with Crippen molar-refractivity contribution in [2.45, 2.75) is 13.3 Å². The Bertz CT molecular complexity index is 435. The van der Waals surface area contributed by atoms with Crippen molar-refractivity contribution in [3.63, 3.8) is 0 Å². The predicted octanol–water partition coefficient (Wildman–Crippen LogP) is 2.67. The van der Waals surface area contributed by atoms with Crippen LogP contribution in [-0.2, 0) is 11.2 Å². The molecular weight excluding hydrogens is 258 g/mol. The van der Waals surface area contributed by atoms with Crippen molar-refractivity contribution >= 4 is 21.9 Å². The van der Waals surface area contributed by atoms with Gasteiger partial charge >= 0.3 is 5.97 Å². The Balaban J connectivity index is 3.43. The Hall–Kier alpha value is -1.34. The minimum absolute atomic E-state index is 0.407. The first-order valence-electron chi connectivity index (χ1n) is 4.45. The van der Waals surface area contributed by atoms with Gasteiger partial charge < -0.3 is 4.74 Å². The van der Waals surface area contributed by atoms with E-state index in [0.29, 0.717) is 22.0 Å². The number of methoxy groups -OCH3 is 1. The van der Waals surface area contributed by atoms with Crippen molar-refractivity contribution in [2.24, 2.45) is 0 Å². The third kappa shape index (κ3) is 2.18. The van der Waals surface area contributed by atoms with Gasteiger partial charge in [0.05, 0.1) is 18.2 Å². The molecule has 0 spiro atoms. The second kappa shape index (κ2) is 4.94. The molecule has 0 amide bonds. The fourth-order valence-electron chi connectivity index (χ4n) is 1.41. The summed E-state index contributed by atoms with van der Waals surface area (Å²) < 4.78 is 5.36. The predicted molar refractivity (Wildman–Crippen MR) is 59.6 cm³/mol.